The van der Waals surface area contributed by atoms with Crippen LogP contribution in [0.25, 0.3) is 0 Å². The van der Waals surface area contributed by atoms with Gasteiger partial charge in [0.1, 0.15) is 5.82 Å². The Kier molecular flexibility index (Phi) is 5.37. The Morgan fingerprint density at radius 3 is 2.94 bits per heavy atom. The minimum atomic E-state index is -0.0863. The molecule has 1 heterocycles. The molecule has 1 atom stereocenters. The van der Waals surface area contributed by atoms with Crippen molar-refractivity contribution in [3.8, 4) is 0 Å². The summed E-state index contributed by atoms with van der Waals surface area (Å²) in [4.78, 5) is 2.30. The van der Waals surface area contributed by atoms with Crippen LogP contribution in [-0.2, 0) is 6.54 Å². The normalized spacial score (nSPS) is 21.0. The third-order valence-electron chi connectivity index (χ3n) is 3.05. The third kappa shape index (κ3) is 3.95. The number of hydrogen-bond acceptors (Lipinski definition) is 2. The van der Waals surface area contributed by atoms with Crippen molar-refractivity contribution in [2.24, 2.45) is 0 Å². The number of aryl methyl sites for hydroxylation is 1. The van der Waals surface area contributed by atoms with Crippen molar-refractivity contribution in [1.82, 2.24) is 10.2 Å². The summed E-state index contributed by atoms with van der Waals surface area (Å²) >= 11 is 0. The lowest BCUT2D eigenvalue weighted by Crippen LogP contribution is -2.48. The van der Waals surface area contributed by atoms with Gasteiger partial charge in [-0.05, 0) is 19.9 Å². The van der Waals surface area contributed by atoms with E-state index in [-0.39, 0.29) is 18.2 Å². The Labute approximate surface area is 109 Å². The van der Waals surface area contributed by atoms with Crippen molar-refractivity contribution in [3.63, 3.8) is 0 Å². The van der Waals surface area contributed by atoms with Crippen LogP contribution in [0, 0.1) is 12.7 Å². The van der Waals surface area contributed by atoms with Crippen molar-refractivity contribution in [1.29, 1.82) is 0 Å². The molecule has 1 aliphatic heterocycles. The van der Waals surface area contributed by atoms with Gasteiger partial charge >= 0.3 is 0 Å². The molecular weight excluding hydrogens is 239 g/mol. The standard InChI is InChI=1S/C13H19FN2.ClH/c1-10-3-4-13(14)12(7-10)9-16-6-5-15-11(2)8-16;/h3-4,7,11,15H,5-6,8-9H2,1-2H3;1H/t11-;/m1./s1. The van der Waals surface area contributed by atoms with Crippen molar-refractivity contribution in [2.45, 2.75) is 26.4 Å². The van der Waals surface area contributed by atoms with Crippen LogP contribution in [0.1, 0.15) is 18.1 Å². The number of piperazine rings is 1. The number of nitrogens with zero attached hydrogens (tertiary/aromatic N) is 1. The van der Waals surface area contributed by atoms with Crippen molar-refractivity contribution < 1.29 is 4.39 Å². The van der Waals surface area contributed by atoms with Gasteiger partial charge in [0.2, 0.25) is 0 Å². The summed E-state index contributed by atoms with van der Waals surface area (Å²) < 4.78 is 13.6. The van der Waals surface area contributed by atoms with E-state index in [1.54, 1.807) is 6.07 Å². The summed E-state index contributed by atoms with van der Waals surface area (Å²) in [5.74, 6) is -0.0863. The van der Waals surface area contributed by atoms with Gasteiger partial charge in [-0.2, -0.15) is 0 Å². The Morgan fingerprint density at radius 1 is 1.47 bits per heavy atom. The van der Waals surface area contributed by atoms with Crippen molar-refractivity contribution in [2.75, 3.05) is 19.6 Å². The molecule has 4 heteroatoms. The van der Waals surface area contributed by atoms with E-state index in [4.69, 9.17) is 0 Å². The summed E-state index contributed by atoms with van der Waals surface area (Å²) in [6, 6.07) is 5.83. The van der Waals surface area contributed by atoms with E-state index in [0.29, 0.717) is 6.04 Å². The molecule has 1 aromatic carbocycles. The first-order valence-corrected chi connectivity index (χ1v) is 5.86. The molecule has 0 bridgehead atoms. The smallest absolute Gasteiger partial charge is 0.127 e. The molecule has 0 radical (unpaired) electrons. The van der Waals surface area contributed by atoms with Crippen LogP contribution in [0.4, 0.5) is 4.39 Å². The van der Waals surface area contributed by atoms with Gasteiger partial charge in [-0.25, -0.2) is 4.39 Å². The highest BCUT2D eigenvalue weighted by Crippen LogP contribution is 2.13. The third-order valence-corrected chi connectivity index (χ3v) is 3.05. The summed E-state index contributed by atoms with van der Waals surface area (Å²) in [5, 5.41) is 3.39. The maximum atomic E-state index is 13.6. The quantitative estimate of drug-likeness (QED) is 0.876. The molecule has 17 heavy (non-hydrogen) atoms. The molecule has 0 unspecified atom stereocenters. The van der Waals surface area contributed by atoms with Crippen LogP contribution < -0.4 is 5.32 Å². The predicted octanol–water partition coefficient (Wildman–Crippen LogP) is 2.35. The maximum Gasteiger partial charge on any atom is 0.127 e. The molecule has 1 saturated heterocycles. The van der Waals surface area contributed by atoms with Gasteiger partial charge in [-0.15, -0.1) is 12.4 Å². The van der Waals surface area contributed by atoms with E-state index >= 15 is 0 Å². The first-order chi connectivity index (χ1) is 7.65. The zero-order valence-electron chi connectivity index (χ0n) is 10.4. The van der Waals surface area contributed by atoms with Gasteiger partial charge in [0, 0.05) is 37.8 Å². The van der Waals surface area contributed by atoms with Gasteiger partial charge < -0.3 is 5.32 Å². The molecule has 1 N–H and O–H groups in total. The fraction of sp³-hybridized carbons (Fsp3) is 0.538. The van der Waals surface area contributed by atoms with Crippen LogP contribution >= 0.6 is 12.4 Å². The highest BCUT2D eigenvalue weighted by Gasteiger charge is 2.16. The second-order valence-corrected chi connectivity index (χ2v) is 4.69. The van der Waals surface area contributed by atoms with Gasteiger partial charge in [-0.3, -0.25) is 4.90 Å². The molecule has 1 fully saturated rings. The summed E-state index contributed by atoms with van der Waals surface area (Å²) in [7, 11) is 0. The lowest BCUT2D eigenvalue weighted by atomic mass is 10.1. The first kappa shape index (κ1) is 14.4. The lowest BCUT2D eigenvalue weighted by molar-refractivity contribution is 0.197. The highest BCUT2D eigenvalue weighted by molar-refractivity contribution is 5.85. The molecule has 2 rings (SSSR count). The van der Waals surface area contributed by atoms with E-state index in [1.165, 1.54) is 0 Å². The topological polar surface area (TPSA) is 15.3 Å². The Balaban J connectivity index is 0.00000144. The van der Waals surface area contributed by atoms with Crippen LogP contribution in [0.3, 0.4) is 0 Å². The molecule has 0 aliphatic carbocycles. The molecule has 0 amide bonds. The monoisotopic (exact) mass is 258 g/mol. The van der Waals surface area contributed by atoms with Crippen LogP contribution in [0.2, 0.25) is 0 Å². The average Bonchev–Trinajstić information content (AvgIpc) is 2.24. The largest absolute Gasteiger partial charge is 0.312 e. The van der Waals surface area contributed by atoms with E-state index < -0.39 is 0 Å². The van der Waals surface area contributed by atoms with Crippen LogP contribution in [0.5, 0.6) is 0 Å². The number of nitrogens with one attached hydrogen (secondary N) is 1. The number of benzene rings is 1. The zero-order valence-corrected chi connectivity index (χ0v) is 11.2. The van der Waals surface area contributed by atoms with Crippen LogP contribution in [-0.4, -0.2) is 30.6 Å². The molecular formula is C13H20ClFN2. The highest BCUT2D eigenvalue weighted by atomic mass is 35.5. The van der Waals surface area contributed by atoms with E-state index in [0.717, 1.165) is 37.3 Å². The lowest BCUT2D eigenvalue weighted by Gasteiger charge is -2.31. The van der Waals surface area contributed by atoms with E-state index in [1.807, 2.05) is 19.1 Å². The van der Waals surface area contributed by atoms with Crippen molar-refractivity contribution in [3.05, 3.63) is 35.1 Å². The molecule has 96 valence electrons. The second kappa shape index (κ2) is 6.34. The van der Waals surface area contributed by atoms with Crippen LogP contribution in [0.15, 0.2) is 18.2 Å². The average molecular weight is 259 g/mol. The predicted molar refractivity (Wildman–Crippen MR) is 71.1 cm³/mol. The number of hydrogen-bond donors (Lipinski definition) is 1. The first-order valence-electron chi connectivity index (χ1n) is 5.86. The maximum absolute atomic E-state index is 13.6. The number of rotatable bonds is 2. The zero-order chi connectivity index (χ0) is 11.5. The van der Waals surface area contributed by atoms with Gasteiger partial charge in [0.25, 0.3) is 0 Å². The van der Waals surface area contributed by atoms with Gasteiger partial charge in [0.15, 0.2) is 0 Å². The molecule has 2 nitrogen and oxygen atoms in total. The fourth-order valence-corrected chi connectivity index (χ4v) is 2.22. The molecule has 1 aliphatic rings. The molecule has 1 aromatic rings. The summed E-state index contributed by atoms with van der Waals surface area (Å²) in [5.41, 5.74) is 1.94. The number of halogens is 2. The Morgan fingerprint density at radius 2 is 2.24 bits per heavy atom. The second-order valence-electron chi connectivity index (χ2n) is 4.69. The summed E-state index contributed by atoms with van der Waals surface area (Å²) in [6.45, 7) is 7.88. The minimum Gasteiger partial charge on any atom is -0.312 e. The molecule has 0 aromatic heterocycles. The SMILES string of the molecule is Cc1ccc(F)c(CN2CCN[C@H](C)C2)c1.Cl. The van der Waals surface area contributed by atoms with Crippen molar-refractivity contribution >= 4 is 12.4 Å². The summed E-state index contributed by atoms with van der Waals surface area (Å²) in [6.07, 6.45) is 0. The van der Waals surface area contributed by atoms with Gasteiger partial charge in [0.05, 0.1) is 0 Å². The van der Waals surface area contributed by atoms with E-state index in [2.05, 4.69) is 17.1 Å². The Hall–Kier alpha value is -0.640. The van der Waals surface area contributed by atoms with Gasteiger partial charge in [-0.1, -0.05) is 17.7 Å². The minimum absolute atomic E-state index is 0. The molecule has 0 spiro atoms. The van der Waals surface area contributed by atoms with E-state index in [9.17, 15) is 4.39 Å². The Bertz CT molecular complexity index is 370. The molecule has 0 saturated carbocycles. The fourth-order valence-electron chi connectivity index (χ4n) is 2.22.